The quantitative estimate of drug-likeness (QED) is 0.0189. The smallest absolute Gasteiger partial charge is 0.225 e. The van der Waals surface area contributed by atoms with Gasteiger partial charge >= 0.3 is 0 Å². The van der Waals surface area contributed by atoms with Gasteiger partial charge in [0.05, 0.1) is 49.9 Å². The molecule has 4 heterocycles. The van der Waals surface area contributed by atoms with Gasteiger partial charge in [-0.3, -0.25) is 38.4 Å². The molecule has 0 saturated heterocycles. The molecule has 113 heavy (non-hydrogen) atoms. The number of amides is 4. The summed E-state index contributed by atoms with van der Waals surface area (Å²) < 4.78 is 11.9. The highest BCUT2D eigenvalue weighted by Crippen LogP contribution is 2.30. The van der Waals surface area contributed by atoms with Crippen molar-refractivity contribution in [2.75, 3.05) is 0 Å². The van der Waals surface area contributed by atoms with E-state index in [4.69, 9.17) is 9.47 Å². The summed E-state index contributed by atoms with van der Waals surface area (Å²) >= 11 is 0. The van der Waals surface area contributed by atoms with Gasteiger partial charge in [-0.2, -0.15) is 0 Å². The Balaban J connectivity index is 0.000000190. The third-order valence-corrected chi connectivity index (χ3v) is 21.0. The highest BCUT2D eigenvalue weighted by molar-refractivity contribution is 5.98. The summed E-state index contributed by atoms with van der Waals surface area (Å²) in [6.07, 6.45) is 10.9. The van der Waals surface area contributed by atoms with E-state index in [2.05, 4.69) is 65.5 Å². The second-order valence-electron chi connectivity index (χ2n) is 31.4. The minimum Gasteiger partial charge on any atom is -0.489 e. The number of aromatic nitrogens is 4. The van der Waals surface area contributed by atoms with E-state index in [0.29, 0.717) is 13.2 Å². The van der Waals surface area contributed by atoms with E-state index in [1.165, 1.54) is 0 Å². The zero-order valence-electron chi connectivity index (χ0n) is 68.8. The van der Waals surface area contributed by atoms with Crippen LogP contribution in [-0.4, -0.2) is 90.9 Å². The molecule has 8 N–H and O–H groups in total. The van der Waals surface area contributed by atoms with Crippen molar-refractivity contribution in [2.24, 2.45) is 47.3 Å². The zero-order chi connectivity index (χ0) is 82.0. The van der Waals surface area contributed by atoms with Crippen molar-refractivity contribution in [3.63, 3.8) is 0 Å². The van der Waals surface area contributed by atoms with Crippen LogP contribution in [0.3, 0.4) is 0 Å². The molecule has 7 atom stereocenters. The summed E-state index contributed by atoms with van der Waals surface area (Å²) in [7, 11) is 0. The summed E-state index contributed by atoms with van der Waals surface area (Å²) in [5.41, 5.74) is 12.0. The Kier molecular flexibility index (Phi) is 32.9. The minimum absolute atomic E-state index is 0.0461. The highest BCUT2D eigenvalue weighted by Gasteiger charge is 2.32. The lowest BCUT2D eigenvalue weighted by Gasteiger charge is -2.24. The van der Waals surface area contributed by atoms with Crippen molar-refractivity contribution in [1.29, 1.82) is 0 Å². The number of benzene rings is 7. The topological polar surface area (TPSA) is 266 Å². The molecule has 4 aromatic heterocycles. The van der Waals surface area contributed by atoms with Gasteiger partial charge in [0.2, 0.25) is 23.6 Å². The lowest BCUT2D eigenvalue weighted by Crippen LogP contribution is -2.47. The molecule has 598 valence electrons. The molecular weight excluding hydrogens is 1410 g/mol. The number of hydrogen-bond acceptors (Lipinski definition) is 10. The van der Waals surface area contributed by atoms with E-state index >= 15 is 0 Å². The van der Waals surface area contributed by atoms with Crippen molar-refractivity contribution in [3.8, 4) is 22.6 Å². The van der Waals surface area contributed by atoms with Gasteiger partial charge in [-0.05, 0) is 123 Å². The standard InChI is InChI=1S/C26H32N2O3.C25H30N2O3.C25H30N2O2.C19H26N2O2/c1-5-18(4)25(26(30)17(2)3)28-24(29)13-20-15-27-23-12-11-21(14-22(20)23)31-16-19-9-7-6-8-10-19;1-16(2)24(25(29)17(3)4)27-23(28)12-19-14-26-22-11-10-20(13-21(19)22)30-15-18-8-6-5-7-9-18;1-5-17(4)24(25(29)16(2)3)27-23(28)14-20-15-26-22-12-11-19(13-21(20)22)18-9-7-6-8-10-18;1-5-13(4)18(19(23)12(2)3)21-17(22)10-14-11-20-16-9-7-6-8-15(14)16/h6-12,14-15,17-18,25,27H,5,13,16H2,1-4H3,(H,28,29);5-11,13-14,16-17,24,26H,12,15H2,1-4H3,(H,27,28);6-13,15-17,24,26H,5,14H2,1-4H3,(H,27,28);6-9,11-13,18,20H,5,10H2,1-4H3,(H,21,22)/t18-,25-;24-;17-,24-;13-,18-/m0000/s1. The lowest BCUT2D eigenvalue weighted by molar-refractivity contribution is -0.130. The Hall–Kier alpha value is -11.1. The highest BCUT2D eigenvalue weighted by atomic mass is 16.5. The van der Waals surface area contributed by atoms with Crippen LogP contribution in [0.4, 0.5) is 0 Å². The molecule has 18 nitrogen and oxygen atoms in total. The SMILES string of the molecule is CC(C)C(=O)[C@@H](NC(=O)Cc1c[nH]c2ccc(OCc3ccccc3)cc12)C(C)C.CC[C@H](C)[C@H](NC(=O)Cc1c[nH]c2ccc(-c3ccccc3)cc12)C(=O)C(C)C.CC[C@H](C)[C@H](NC(=O)Cc1c[nH]c2ccc(OCc3ccccc3)cc12)C(=O)C(C)C.CC[C@H](C)[C@H](NC(=O)Cc1c[nH]c2ccccc12)C(=O)C(C)C. The maximum Gasteiger partial charge on any atom is 0.225 e. The first-order valence-corrected chi connectivity index (χ1v) is 40.1. The van der Waals surface area contributed by atoms with Gasteiger partial charge in [-0.25, -0.2) is 0 Å². The molecule has 0 unspecified atom stereocenters. The molecule has 0 aliphatic carbocycles. The van der Waals surface area contributed by atoms with Crippen molar-refractivity contribution in [1.82, 2.24) is 41.2 Å². The molecular formula is C95H118N8O10. The van der Waals surface area contributed by atoms with Crippen molar-refractivity contribution < 1.29 is 47.8 Å². The Labute approximate surface area is 666 Å². The molecule has 18 heteroatoms. The Morgan fingerprint density at radius 2 is 0.602 bits per heavy atom. The molecule has 0 saturated carbocycles. The summed E-state index contributed by atoms with van der Waals surface area (Å²) in [6, 6.07) is 54.3. The number of fused-ring (bicyclic) bond motifs is 4. The first-order chi connectivity index (χ1) is 54.1. The Morgan fingerprint density at radius 3 is 0.947 bits per heavy atom. The van der Waals surface area contributed by atoms with Gasteiger partial charge in [0, 0.05) is 92.1 Å². The molecule has 4 amide bonds. The first kappa shape index (κ1) is 87.4. The maximum atomic E-state index is 12.8. The first-order valence-electron chi connectivity index (χ1n) is 40.1. The van der Waals surface area contributed by atoms with Crippen LogP contribution >= 0.6 is 0 Å². The number of H-pyrrole nitrogens is 4. The maximum absolute atomic E-state index is 12.8. The van der Waals surface area contributed by atoms with Gasteiger partial charge in [0.1, 0.15) is 24.7 Å². The van der Waals surface area contributed by atoms with Gasteiger partial charge in [-0.15, -0.1) is 0 Å². The van der Waals surface area contributed by atoms with E-state index in [9.17, 15) is 38.4 Å². The van der Waals surface area contributed by atoms with Gasteiger partial charge in [-0.1, -0.05) is 245 Å². The van der Waals surface area contributed by atoms with Crippen molar-refractivity contribution in [2.45, 2.75) is 193 Å². The predicted molar refractivity (Wildman–Crippen MR) is 455 cm³/mol. The molecule has 11 rings (SSSR count). The Bertz CT molecular complexity index is 4930. The summed E-state index contributed by atoms with van der Waals surface area (Å²) in [5.74, 6) is 1.32. The average molecular weight is 1530 g/mol. The summed E-state index contributed by atoms with van der Waals surface area (Å²) in [6.45, 7) is 32.0. The number of ketones is 4. The van der Waals surface area contributed by atoms with E-state index in [0.717, 1.165) is 119 Å². The second-order valence-corrected chi connectivity index (χ2v) is 31.4. The van der Waals surface area contributed by atoms with Crippen LogP contribution in [0.1, 0.15) is 163 Å². The number of carbonyl (C=O) groups is 8. The normalized spacial score (nSPS) is 13.2. The monoisotopic (exact) mass is 1530 g/mol. The molecule has 11 aromatic rings. The van der Waals surface area contributed by atoms with Crippen LogP contribution in [0, 0.1) is 47.3 Å². The molecule has 0 fully saturated rings. The van der Waals surface area contributed by atoms with Crippen molar-refractivity contribution >= 4 is 90.4 Å². The van der Waals surface area contributed by atoms with Crippen LogP contribution in [0.5, 0.6) is 11.5 Å². The number of aromatic amines is 4. The third kappa shape index (κ3) is 24.9. The number of carbonyl (C=O) groups excluding carboxylic acids is 8. The molecule has 0 aliphatic heterocycles. The number of rotatable bonds is 34. The Morgan fingerprint density at radius 1 is 0.310 bits per heavy atom. The van der Waals surface area contributed by atoms with Crippen LogP contribution in [0.25, 0.3) is 54.7 Å². The van der Waals surface area contributed by atoms with Crippen LogP contribution < -0.4 is 30.7 Å². The van der Waals surface area contributed by atoms with Crippen LogP contribution in [0.15, 0.2) is 195 Å². The number of para-hydroxylation sites is 1. The third-order valence-electron chi connectivity index (χ3n) is 21.0. The molecule has 0 bridgehead atoms. The molecule has 7 aromatic carbocycles. The van der Waals surface area contributed by atoms with E-state index in [1.54, 1.807) is 0 Å². The van der Waals surface area contributed by atoms with Crippen molar-refractivity contribution in [3.05, 3.63) is 228 Å². The number of ether oxygens (including phenoxy) is 2. The fourth-order valence-corrected chi connectivity index (χ4v) is 13.5. The summed E-state index contributed by atoms with van der Waals surface area (Å²) in [5, 5.41) is 15.9. The largest absolute Gasteiger partial charge is 0.489 e. The number of hydrogen-bond donors (Lipinski definition) is 8. The van der Waals surface area contributed by atoms with Gasteiger partial charge in [0.15, 0.2) is 23.1 Å². The average Bonchev–Trinajstić information content (AvgIpc) is 1.69. The predicted octanol–water partition coefficient (Wildman–Crippen LogP) is 18.3. The molecule has 0 spiro atoms. The van der Waals surface area contributed by atoms with Gasteiger partial charge in [0.25, 0.3) is 0 Å². The lowest BCUT2D eigenvalue weighted by atomic mass is 9.90. The van der Waals surface area contributed by atoms with Crippen LogP contribution in [0.2, 0.25) is 0 Å². The fourth-order valence-electron chi connectivity index (χ4n) is 13.5. The van der Waals surface area contributed by atoms with E-state index in [1.807, 2.05) is 281 Å². The van der Waals surface area contributed by atoms with Crippen LogP contribution in [-0.2, 0) is 77.3 Å². The number of Topliss-reactive ketones (excluding diaryl/α,β-unsaturated/α-hetero) is 4. The van der Waals surface area contributed by atoms with E-state index < -0.39 is 24.2 Å². The number of nitrogens with one attached hydrogen (secondary N) is 8. The molecule has 0 radical (unpaired) electrons. The fraction of sp³-hybridized carbons (Fsp3) is 0.389. The second kappa shape index (κ2) is 42.5. The van der Waals surface area contributed by atoms with Gasteiger partial charge < -0.3 is 50.7 Å². The minimum atomic E-state index is -0.465. The zero-order valence-corrected chi connectivity index (χ0v) is 68.8. The van der Waals surface area contributed by atoms with E-state index in [-0.39, 0.29) is 120 Å². The molecule has 0 aliphatic rings. The summed E-state index contributed by atoms with van der Waals surface area (Å²) in [4.78, 5) is 114.